The molecule has 1 atom stereocenters. The van der Waals surface area contributed by atoms with Crippen molar-refractivity contribution >= 4 is 34.4 Å². The number of aryl methyl sites for hydroxylation is 1. The minimum absolute atomic E-state index is 0.265. The molecule has 1 unspecified atom stereocenters. The molecule has 0 radical (unpaired) electrons. The van der Waals surface area contributed by atoms with Crippen molar-refractivity contribution in [2.45, 2.75) is 26.3 Å². The largest absolute Gasteiger partial charge is 0.388 e. The van der Waals surface area contributed by atoms with Crippen LogP contribution in [0.3, 0.4) is 0 Å². The van der Waals surface area contributed by atoms with Crippen molar-refractivity contribution in [3.63, 3.8) is 0 Å². The summed E-state index contributed by atoms with van der Waals surface area (Å²) >= 11 is 6.66. The monoisotopic (exact) mass is 292 g/mol. The first-order valence-corrected chi connectivity index (χ1v) is 7.21. The smallest absolute Gasteiger partial charge is 0.144 e. The first-order chi connectivity index (χ1) is 9.04. The highest BCUT2D eigenvalue weighted by molar-refractivity contribution is 7.80. The van der Waals surface area contributed by atoms with E-state index in [1.807, 2.05) is 11.3 Å². The number of aromatic nitrogens is 2. The summed E-state index contributed by atoms with van der Waals surface area (Å²) in [5.41, 5.74) is 6.02. The Morgan fingerprint density at radius 1 is 1.42 bits per heavy atom. The standard InChI is InChI=1S/C13H16N4S2/c1-8(5-10-4-3-9(2)19-10)17-12-7-15-11(6-16-12)13(14)18/h3-4,6-8H,5H2,1-2H3,(H2,14,18)(H,16,17). The summed E-state index contributed by atoms with van der Waals surface area (Å²) in [5.74, 6) is 0.737. The lowest BCUT2D eigenvalue weighted by molar-refractivity contribution is 0.793. The highest BCUT2D eigenvalue weighted by Gasteiger charge is 2.07. The lowest BCUT2D eigenvalue weighted by Gasteiger charge is -2.13. The third-order valence-corrected chi connectivity index (χ3v) is 3.83. The van der Waals surface area contributed by atoms with E-state index >= 15 is 0 Å². The van der Waals surface area contributed by atoms with Crippen LogP contribution in [0.4, 0.5) is 5.82 Å². The molecule has 6 heteroatoms. The second-order valence-corrected chi connectivity index (χ2v) is 6.23. The van der Waals surface area contributed by atoms with Gasteiger partial charge in [0.25, 0.3) is 0 Å². The van der Waals surface area contributed by atoms with Gasteiger partial charge in [-0.25, -0.2) is 9.97 Å². The zero-order valence-electron chi connectivity index (χ0n) is 10.9. The molecule has 2 heterocycles. The van der Waals surface area contributed by atoms with Gasteiger partial charge in [-0.1, -0.05) is 12.2 Å². The Bertz CT molecular complexity index is 562. The molecule has 0 aliphatic heterocycles. The predicted molar refractivity (Wildman–Crippen MR) is 83.8 cm³/mol. The van der Waals surface area contributed by atoms with E-state index in [1.54, 1.807) is 12.4 Å². The molecule has 2 rings (SSSR count). The molecule has 0 fully saturated rings. The normalized spacial score (nSPS) is 12.1. The second-order valence-electron chi connectivity index (χ2n) is 4.41. The average molecular weight is 292 g/mol. The molecule has 4 nitrogen and oxygen atoms in total. The Morgan fingerprint density at radius 3 is 2.74 bits per heavy atom. The van der Waals surface area contributed by atoms with Crippen molar-refractivity contribution in [1.82, 2.24) is 9.97 Å². The van der Waals surface area contributed by atoms with E-state index in [9.17, 15) is 0 Å². The van der Waals surface area contributed by atoms with E-state index in [2.05, 4.69) is 41.3 Å². The van der Waals surface area contributed by atoms with Gasteiger partial charge in [-0.2, -0.15) is 0 Å². The fraction of sp³-hybridized carbons (Fsp3) is 0.308. The Morgan fingerprint density at radius 2 is 2.21 bits per heavy atom. The van der Waals surface area contributed by atoms with Crippen molar-refractivity contribution in [1.29, 1.82) is 0 Å². The Kier molecular flexibility index (Phi) is 4.44. The molecule has 19 heavy (non-hydrogen) atoms. The van der Waals surface area contributed by atoms with E-state index in [4.69, 9.17) is 18.0 Å². The first-order valence-electron chi connectivity index (χ1n) is 5.98. The zero-order chi connectivity index (χ0) is 13.8. The highest BCUT2D eigenvalue weighted by Crippen LogP contribution is 2.17. The minimum atomic E-state index is 0.265. The first kappa shape index (κ1) is 13.9. The Hall–Kier alpha value is -1.53. The predicted octanol–water partition coefficient (Wildman–Crippen LogP) is 2.52. The van der Waals surface area contributed by atoms with Crippen LogP contribution in [0.2, 0.25) is 0 Å². The van der Waals surface area contributed by atoms with Gasteiger partial charge < -0.3 is 11.1 Å². The average Bonchev–Trinajstić information content (AvgIpc) is 2.75. The van der Waals surface area contributed by atoms with Crippen LogP contribution in [0.25, 0.3) is 0 Å². The van der Waals surface area contributed by atoms with Gasteiger partial charge in [0.2, 0.25) is 0 Å². The number of hydrogen-bond acceptors (Lipinski definition) is 5. The summed E-state index contributed by atoms with van der Waals surface area (Å²) in [4.78, 5) is 11.4. The van der Waals surface area contributed by atoms with Gasteiger partial charge >= 0.3 is 0 Å². The number of thiophene rings is 1. The van der Waals surface area contributed by atoms with E-state index in [0.29, 0.717) is 11.7 Å². The van der Waals surface area contributed by atoms with E-state index in [0.717, 1.165) is 12.2 Å². The number of nitrogens with one attached hydrogen (secondary N) is 1. The van der Waals surface area contributed by atoms with Gasteiger partial charge in [-0.15, -0.1) is 11.3 Å². The van der Waals surface area contributed by atoms with Crippen LogP contribution in [-0.2, 0) is 6.42 Å². The molecule has 0 saturated heterocycles. The Labute approximate surface area is 122 Å². The topological polar surface area (TPSA) is 63.8 Å². The van der Waals surface area contributed by atoms with Crippen LogP contribution in [0.5, 0.6) is 0 Å². The quantitative estimate of drug-likeness (QED) is 0.829. The number of hydrogen-bond donors (Lipinski definition) is 2. The van der Waals surface area contributed by atoms with E-state index in [1.165, 1.54) is 9.75 Å². The second kappa shape index (κ2) is 6.08. The molecular weight excluding hydrogens is 276 g/mol. The number of anilines is 1. The van der Waals surface area contributed by atoms with Gasteiger partial charge in [0.05, 0.1) is 12.4 Å². The number of thiocarbonyl (C=S) groups is 1. The summed E-state index contributed by atoms with van der Waals surface area (Å²) in [6.07, 6.45) is 4.22. The van der Waals surface area contributed by atoms with Gasteiger partial charge in [-0.3, -0.25) is 0 Å². The molecule has 0 spiro atoms. The van der Waals surface area contributed by atoms with Crippen molar-refractivity contribution in [3.05, 3.63) is 40.0 Å². The van der Waals surface area contributed by atoms with Crippen LogP contribution < -0.4 is 11.1 Å². The molecule has 100 valence electrons. The van der Waals surface area contributed by atoms with Crippen LogP contribution in [-0.4, -0.2) is 21.0 Å². The molecule has 0 amide bonds. The zero-order valence-corrected chi connectivity index (χ0v) is 12.5. The molecule has 2 aromatic rings. The Balaban J connectivity index is 1.94. The van der Waals surface area contributed by atoms with Crippen LogP contribution >= 0.6 is 23.6 Å². The summed E-state index contributed by atoms with van der Waals surface area (Å²) in [7, 11) is 0. The van der Waals surface area contributed by atoms with Gasteiger partial charge in [0.1, 0.15) is 16.5 Å². The van der Waals surface area contributed by atoms with Crippen molar-refractivity contribution in [2.24, 2.45) is 5.73 Å². The molecule has 0 aromatic carbocycles. The maximum Gasteiger partial charge on any atom is 0.144 e. The number of nitrogens with two attached hydrogens (primary N) is 1. The van der Waals surface area contributed by atoms with Gasteiger partial charge in [-0.05, 0) is 26.0 Å². The van der Waals surface area contributed by atoms with Crippen molar-refractivity contribution < 1.29 is 0 Å². The summed E-state index contributed by atoms with van der Waals surface area (Å²) in [6, 6.07) is 4.60. The maximum absolute atomic E-state index is 5.48. The van der Waals surface area contributed by atoms with E-state index < -0.39 is 0 Å². The lowest BCUT2D eigenvalue weighted by Crippen LogP contribution is -2.19. The molecule has 0 bridgehead atoms. The number of nitrogens with zero attached hydrogens (tertiary/aromatic N) is 2. The molecule has 2 aromatic heterocycles. The minimum Gasteiger partial charge on any atom is -0.388 e. The summed E-state index contributed by atoms with van der Waals surface area (Å²) < 4.78 is 0. The third kappa shape index (κ3) is 3.97. The molecule has 0 saturated carbocycles. The molecule has 3 N–H and O–H groups in total. The summed E-state index contributed by atoms with van der Waals surface area (Å²) in [5, 5.41) is 3.31. The number of rotatable bonds is 5. The van der Waals surface area contributed by atoms with Crippen LogP contribution in [0, 0.1) is 6.92 Å². The SMILES string of the molecule is Cc1ccc(CC(C)Nc2cnc(C(N)=S)cn2)s1. The van der Waals surface area contributed by atoms with Crippen molar-refractivity contribution in [3.8, 4) is 0 Å². The lowest BCUT2D eigenvalue weighted by atomic mass is 10.2. The van der Waals surface area contributed by atoms with Crippen molar-refractivity contribution in [2.75, 3.05) is 5.32 Å². The van der Waals surface area contributed by atoms with Gasteiger partial charge in [0.15, 0.2) is 0 Å². The van der Waals surface area contributed by atoms with E-state index in [-0.39, 0.29) is 4.99 Å². The summed E-state index contributed by atoms with van der Waals surface area (Å²) in [6.45, 7) is 4.24. The molecular formula is C13H16N4S2. The van der Waals surface area contributed by atoms with Crippen LogP contribution in [0.15, 0.2) is 24.5 Å². The maximum atomic E-state index is 5.48. The molecule has 0 aliphatic rings. The van der Waals surface area contributed by atoms with Crippen LogP contribution in [0.1, 0.15) is 22.4 Å². The highest BCUT2D eigenvalue weighted by atomic mass is 32.1. The fourth-order valence-corrected chi connectivity index (χ4v) is 2.85. The molecule has 0 aliphatic carbocycles. The third-order valence-electron chi connectivity index (χ3n) is 2.60. The fourth-order valence-electron chi connectivity index (χ4n) is 1.73. The van der Waals surface area contributed by atoms with Gasteiger partial charge in [0, 0.05) is 22.2 Å².